The maximum absolute atomic E-state index is 13.2. The van der Waals surface area contributed by atoms with Crippen LogP contribution in [0, 0.1) is 12.7 Å². The first-order valence-corrected chi connectivity index (χ1v) is 11.8. The predicted molar refractivity (Wildman–Crippen MR) is 141 cm³/mol. The number of amides is 1. The lowest BCUT2D eigenvalue weighted by atomic mass is 10.0. The van der Waals surface area contributed by atoms with E-state index in [1.54, 1.807) is 18.3 Å². The molecule has 0 radical (unpaired) electrons. The van der Waals surface area contributed by atoms with Crippen molar-refractivity contribution < 1.29 is 18.7 Å². The van der Waals surface area contributed by atoms with Crippen molar-refractivity contribution in [1.29, 1.82) is 0 Å². The molecule has 0 aliphatic rings. The van der Waals surface area contributed by atoms with Gasteiger partial charge in [0.15, 0.2) is 6.61 Å². The molecule has 0 bridgehead atoms. The summed E-state index contributed by atoms with van der Waals surface area (Å²) in [5.41, 5.74) is 6.24. The van der Waals surface area contributed by atoms with Crippen LogP contribution >= 0.6 is 0 Å². The van der Waals surface area contributed by atoms with Gasteiger partial charge in [-0.25, -0.2) is 9.82 Å². The first-order valence-electron chi connectivity index (χ1n) is 11.8. The number of nitrogens with one attached hydrogen (secondary N) is 1. The summed E-state index contributed by atoms with van der Waals surface area (Å²) >= 11 is 0. The SMILES string of the molecule is Cc1ccc(C(C)C)c(OCC(=O)N/N=C\c2c(OCc3ccc(F)cc3)ccc3ccccc23)c1. The number of ether oxygens (including phenoxy) is 2. The zero-order chi connectivity index (χ0) is 25.5. The Bertz CT molecular complexity index is 1380. The molecule has 1 amide bonds. The third kappa shape index (κ3) is 6.27. The molecule has 4 aromatic carbocycles. The third-order valence-corrected chi connectivity index (χ3v) is 5.77. The number of hydrazone groups is 1. The van der Waals surface area contributed by atoms with Gasteiger partial charge in [-0.1, -0.05) is 68.4 Å². The molecule has 0 saturated heterocycles. The lowest BCUT2D eigenvalue weighted by molar-refractivity contribution is -0.123. The van der Waals surface area contributed by atoms with Crippen LogP contribution < -0.4 is 14.9 Å². The highest BCUT2D eigenvalue weighted by Crippen LogP contribution is 2.28. The van der Waals surface area contributed by atoms with E-state index in [9.17, 15) is 9.18 Å². The van der Waals surface area contributed by atoms with E-state index < -0.39 is 0 Å². The summed E-state index contributed by atoms with van der Waals surface area (Å²) in [5, 5.41) is 6.12. The number of hydrogen-bond donors (Lipinski definition) is 1. The number of carbonyl (C=O) groups is 1. The number of hydrogen-bond acceptors (Lipinski definition) is 4. The van der Waals surface area contributed by atoms with E-state index in [1.165, 1.54) is 12.1 Å². The smallest absolute Gasteiger partial charge is 0.277 e. The summed E-state index contributed by atoms with van der Waals surface area (Å²) in [6.45, 7) is 6.28. The summed E-state index contributed by atoms with van der Waals surface area (Å²) in [6, 6.07) is 23.9. The maximum atomic E-state index is 13.2. The quantitative estimate of drug-likeness (QED) is 0.217. The Hall–Kier alpha value is -4.19. The van der Waals surface area contributed by atoms with Gasteiger partial charge in [0, 0.05) is 5.56 Å². The maximum Gasteiger partial charge on any atom is 0.277 e. The minimum Gasteiger partial charge on any atom is -0.488 e. The number of nitrogens with zero attached hydrogens (tertiary/aromatic N) is 1. The van der Waals surface area contributed by atoms with Gasteiger partial charge in [0.05, 0.1) is 6.21 Å². The first kappa shape index (κ1) is 24.9. The van der Waals surface area contributed by atoms with Gasteiger partial charge in [0.2, 0.25) is 0 Å². The monoisotopic (exact) mass is 484 g/mol. The van der Waals surface area contributed by atoms with E-state index >= 15 is 0 Å². The van der Waals surface area contributed by atoms with Crippen molar-refractivity contribution in [3.05, 3.63) is 107 Å². The van der Waals surface area contributed by atoms with Crippen LogP contribution in [0.3, 0.4) is 0 Å². The van der Waals surface area contributed by atoms with Crippen LogP contribution in [0.4, 0.5) is 4.39 Å². The molecule has 1 N–H and O–H groups in total. The number of carbonyl (C=O) groups excluding carboxylic acids is 1. The Morgan fingerprint density at radius 1 is 0.972 bits per heavy atom. The van der Waals surface area contributed by atoms with E-state index in [4.69, 9.17) is 9.47 Å². The fraction of sp³-hybridized carbons (Fsp3) is 0.200. The highest BCUT2D eigenvalue weighted by atomic mass is 19.1. The second kappa shape index (κ2) is 11.5. The summed E-state index contributed by atoms with van der Waals surface area (Å²) in [6.07, 6.45) is 1.58. The highest BCUT2D eigenvalue weighted by Gasteiger charge is 2.11. The molecule has 0 aliphatic heterocycles. The van der Waals surface area contributed by atoms with Crippen LogP contribution in [0.5, 0.6) is 11.5 Å². The Morgan fingerprint density at radius 2 is 1.75 bits per heavy atom. The second-order valence-electron chi connectivity index (χ2n) is 8.89. The second-order valence-corrected chi connectivity index (χ2v) is 8.89. The van der Waals surface area contributed by atoms with Crippen LogP contribution in [-0.2, 0) is 11.4 Å². The minimum absolute atomic E-state index is 0.149. The number of aryl methyl sites for hydroxylation is 1. The van der Waals surface area contributed by atoms with Crippen molar-refractivity contribution in [3.8, 4) is 11.5 Å². The standard InChI is InChI=1S/C30H29FN2O3/c1-20(2)25-14-8-21(3)16-29(25)36-19-30(34)33-32-17-27-26-7-5-4-6-23(26)11-15-28(27)35-18-22-9-12-24(31)13-10-22/h4-17,20H,18-19H2,1-3H3,(H,33,34)/b32-17-. The molecule has 0 atom stereocenters. The third-order valence-electron chi connectivity index (χ3n) is 5.77. The molecule has 184 valence electrons. The molecule has 0 saturated carbocycles. The Balaban J connectivity index is 1.46. The molecule has 0 fully saturated rings. The van der Waals surface area contributed by atoms with Crippen LogP contribution in [0.2, 0.25) is 0 Å². The Labute approximate surface area is 210 Å². The van der Waals surface area contributed by atoms with Crippen LogP contribution in [-0.4, -0.2) is 18.7 Å². The predicted octanol–water partition coefficient (Wildman–Crippen LogP) is 6.52. The average molecular weight is 485 g/mol. The van der Waals surface area contributed by atoms with Gasteiger partial charge in [-0.15, -0.1) is 0 Å². The van der Waals surface area contributed by atoms with Gasteiger partial charge >= 0.3 is 0 Å². The molecule has 0 spiro atoms. The number of benzene rings is 4. The molecule has 36 heavy (non-hydrogen) atoms. The van der Waals surface area contributed by atoms with Crippen molar-refractivity contribution in [2.45, 2.75) is 33.3 Å². The molecule has 0 heterocycles. The van der Waals surface area contributed by atoms with Crippen molar-refractivity contribution in [3.63, 3.8) is 0 Å². The van der Waals surface area contributed by atoms with Crippen molar-refractivity contribution in [2.75, 3.05) is 6.61 Å². The van der Waals surface area contributed by atoms with Crippen molar-refractivity contribution in [1.82, 2.24) is 5.43 Å². The van der Waals surface area contributed by atoms with E-state index in [0.29, 0.717) is 11.5 Å². The topological polar surface area (TPSA) is 59.9 Å². The van der Waals surface area contributed by atoms with Gasteiger partial charge in [-0.3, -0.25) is 4.79 Å². The fourth-order valence-corrected chi connectivity index (χ4v) is 3.86. The molecule has 0 aliphatic carbocycles. The van der Waals surface area contributed by atoms with Crippen molar-refractivity contribution in [2.24, 2.45) is 5.10 Å². The van der Waals surface area contributed by atoms with Gasteiger partial charge in [0.25, 0.3) is 5.91 Å². The number of fused-ring (bicyclic) bond motifs is 1. The summed E-state index contributed by atoms with van der Waals surface area (Å²) in [7, 11) is 0. The summed E-state index contributed by atoms with van der Waals surface area (Å²) in [5.74, 6) is 0.931. The molecule has 4 rings (SSSR count). The van der Waals surface area contributed by atoms with E-state index in [0.717, 1.165) is 33.0 Å². The molecular weight excluding hydrogens is 455 g/mol. The normalized spacial score (nSPS) is 11.2. The molecule has 0 unspecified atom stereocenters. The Kier molecular flexibility index (Phi) is 7.95. The zero-order valence-electron chi connectivity index (χ0n) is 20.6. The number of halogens is 1. The lowest BCUT2D eigenvalue weighted by Crippen LogP contribution is -2.25. The summed E-state index contributed by atoms with van der Waals surface area (Å²) in [4.78, 5) is 12.4. The van der Waals surface area contributed by atoms with Gasteiger partial charge in [-0.2, -0.15) is 5.10 Å². The highest BCUT2D eigenvalue weighted by molar-refractivity contribution is 6.02. The largest absolute Gasteiger partial charge is 0.488 e. The lowest BCUT2D eigenvalue weighted by Gasteiger charge is -2.14. The fourth-order valence-electron chi connectivity index (χ4n) is 3.86. The van der Waals surface area contributed by atoms with E-state index in [1.807, 2.05) is 61.5 Å². The van der Waals surface area contributed by atoms with Gasteiger partial charge < -0.3 is 9.47 Å². The Morgan fingerprint density at radius 3 is 2.53 bits per heavy atom. The minimum atomic E-state index is -0.364. The first-order chi connectivity index (χ1) is 17.4. The van der Waals surface area contributed by atoms with Crippen molar-refractivity contribution >= 4 is 22.9 Å². The molecule has 5 nitrogen and oxygen atoms in total. The molecule has 6 heteroatoms. The zero-order valence-corrected chi connectivity index (χ0v) is 20.6. The molecule has 0 aromatic heterocycles. The van der Waals surface area contributed by atoms with E-state index in [-0.39, 0.29) is 30.9 Å². The van der Waals surface area contributed by atoms with Crippen LogP contribution in [0.15, 0.2) is 84.0 Å². The molecule has 4 aromatic rings. The summed E-state index contributed by atoms with van der Waals surface area (Å²) < 4.78 is 25.0. The van der Waals surface area contributed by atoms with Gasteiger partial charge in [0.1, 0.15) is 23.9 Å². The van der Waals surface area contributed by atoms with Crippen LogP contribution in [0.25, 0.3) is 10.8 Å². The van der Waals surface area contributed by atoms with E-state index in [2.05, 4.69) is 24.4 Å². The molecular formula is C30H29FN2O3. The number of rotatable bonds is 9. The average Bonchev–Trinajstić information content (AvgIpc) is 2.87. The van der Waals surface area contributed by atoms with Crippen LogP contribution in [0.1, 0.15) is 42.0 Å². The van der Waals surface area contributed by atoms with Gasteiger partial charge in [-0.05, 0) is 64.6 Å².